The van der Waals surface area contributed by atoms with Crippen LogP contribution in [-0.2, 0) is 21.5 Å². The molecule has 41 heavy (non-hydrogen) atoms. The van der Waals surface area contributed by atoms with E-state index in [2.05, 4.69) is 0 Å². The van der Waals surface area contributed by atoms with E-state index in [1.807, 2.05) is 78.8 Å². The summed E-state index contributed by atoms with van der Waals surface area (Å²) >= 11 is 0. The Morgan fingerprint density at radius 3 is 2.17 bits per heavy atom. The number of hydrogen-bond donors (Lipinski definition) is 2. The van der Waals surface area contributed by atoms with E-state index < -0.39 is 23.3 Å². The Morgan fingerprint density at radius 2 is 1.56 bits per heavy atom. The number of benzene rings is 3. The summed E-state index contributed by atoms with van der Waals surface area (Å²) in [5.41, 5.74) is 1.80. The van der Waals surface area contributed by atoms with Gasteiger partial charge >= 0.3 is 0 Å². The number of aliphatic hydroxyl groups excluding tert-OH is 1. The Hall–Kier alpha value is -4.26. The van der Waals surface area contributed by atoms with Crippen molar-refractivity contribution in [3.05, 3.63) is 94.6 Å². The van der Waals surface area contributed by atoms with Gasteiger partial charge in [0.15, 0.2) is 0 Å². The van der Waals surface area contributed by atoms with E-state index in [4.69, 9.17) is 9.47 Å². The Bertz CT molecular complexity index is 1470. The van der Waals surface area contributed by atoms with E-state index in [1.54, 1.807) is 24.3 Å². The number of amides is 1. The number of carbonyl (C=O) groups excluding carboxylic acids is 2. The second-order valence-electron chi connectivity index (χ2n) is 12.2. The van der Waals surface area contributed by atoms with E-state index in [0.717, 1.165) is 11.1 Å². The Kier molecular flexibility index (Phi) is 8.20. The van der Waals surface area contributed by atoms with Crippen LogP contribution in [0.4, 0.5) is 0 Å². The van der Waals surface area contributed by atoms with Gasteiger partial charge in [0, 0.05) is 16.7 Å². The molecule has 2 N–H and O–H groups in total. The number of carbonyl (C=O) groups is 2. The molecule has 0 spiro atoms. The topological polar surface area (TPSA) is 96.3 Å². The molecule has 216 valence electrons. The fraction of sp³-hybridized carbons (Fsp3) is 0.353. The number of para-hydroxylation sites is 1. The van der Waals surface area contributed by atoms with Crippen LogP contribution in [0.15, 0.2) is 72.3 Å². The number of likely N-dealkylation sites (tertiary alicyclic amines) is 1. The van der Waals surface area contributed by atoms with Crippen LogP contribution in [-0.4, -0.2) is 39.0 Å². The highest BCUT2D eigenvalue weighted by molar-refractivity contribution is 6.46. The molecule has 0 radical (unpaired) electrons. The number of phenolic OH excluding ortho intramolecular Hbond substituents is 1. The predicted molar refractivity (Wildman–Crippen MR) is 159 cm³/mol. The molecule has 0 saturated carbocycles. The van der Waals surface area contributed by atoms with E-state index in [9.17, 15) is 19.8 Å². The minimum atomic E-state index is -0.886. The van der Waals surface area contributed by atoms with Crippen molar-refractivity contribution < 1.29 is 29.3 Å². The standard InChI is InChI=1S/C34H39NO6/c1-8-40-27-18-15-22(19-25(27)33(2,3)4)30(37)28-29(21-13-16-24(36)17-14-21)35(32(39)31(28)38)20-23-11-9-10-12-26(23)41-34(5,6)7/h9-19,29,36-37H,8,20H2,1-7H3/b30-28-. The summed E-state index contributed by atoms with van der Waals surface area (Å²) in [6.45, 7) is 14.4. The summed E-state index contributed by atoms with van der Waals surface area (Å²) < 4.78 is 12.0. The third-order valence-electron chi connectivity index (χ3n) is 6.84. The van der Waals surface area contributed by atoms with Crippen LogP contribution in [0.3, 0.4) is 0 Å². The lowest BCUT2D eigenvalue weighted by Gasteiger charge is -2.28. The van der Waals surface area contributed by atoms with Gasteiger partial charge < -0.3 is 24.6 Å². The first-order chi connectivity index (χ1) is 19.2. The first kappa shape index (κ1) is 29.7. The molecule has 1 atom stereocenters. The van der Waals surface area contributed by atoms with Crippen molar-refractivity contribution in [1.82, 2.24) is 4.90 Å². The Balaban J connectivity index is 1.88. The number of rotatable bonds is 7. The van der Waals surface area contributed by atoms with Crippen LogP contribution in [0.2, 0.25) is 0 Å². The maximum atomic E-state index is 13.6. The fourth-order valence-electron chi connectivity index (χ4n) is 4.99. The molecule has 0 aromatic heterocycles. The molecule has 7 nitrogen and oxygen atoms in total. The van der Waals surface area contributed by atoms with Gasteiger partial charge in [0.25, 0.3) is 11.7 Å². The molecule has 7 heteroatoms. The maximum absolute atomic E-state index is 13.6. The second kappa shape index (κ2) is 11.3. The Labute approximate surface area is 242 Å². The van der Waals surface area contributed by atoms with Crippen molar-refractivity contribution in [3.63, 3.8) is 0 Å². The van der Waals surface area contributed by atoms with Gasteiger partial charge in [-0.05, 0) is 75.1 Å². The van der Waals surface area contributed by atoms with Crippen LogP contribution < -0.4 is 9.47 Å². The molecule has 3 aromatic carbocycles. The van der Waals surface area contributed by atoms with Crippen LogP contribution in [0.25, 0.3) is 5.76 Å². The van der Waals surface area contributed by atoms with Gasteiger partial charge in [0.05, 0.1) is 24.8 Å². The average molecular weight is 558 g/mol. The average Bonchev–Trinajstić information content (AvgIpc) is 3.14. The summed E-state index contributed by atoms with van der Waals surface area (Å²) in [5, 5.41) is 21.6. The van der Waals surface area contributed by atoms with Crippen LogP contribution >= 0.6 is 0 Å². The summed E-state index contributed by atoms with van der Waals surface area (Å²) in [6.07, 6.45) is 0. The molecule has 0 bridgehead atoms. The number of nitrogens with zero attached hydrogens (tertiary/aromatic N) is 1. The van der Waals surface area contributed by atoms with Crippen LogP contribution in [0.1, 0.15) is 76.8 Å². The lowest BCUT2D eigenvalue weighted by Crippen LogP contribution is -2.30. The maximum Gasteiger partial charge on any atom is 0.295 e. The smallest absolute Gasteiger partial charge is 0.295 e. The van der Waals surface area contributed by atoms with Gasteiger partial charge in [-0.1, -0.05) is 51.1 Å². The highest BCUT2D eigenvalue weighted by atomic mass is 16.5. The molecule has 1 fully saturated rings. The molecule has 1 saturated heterocycles. The number of aromatic hydroxyl groups is 1. The van der Waals surface area contributed by atoms with Crippen molar-refractivity contribution in [2.45, 2.75) is 72.1 Å². The lowest BCUT2D eigenvalue weighted by atomic mass is 9.84. The zero-order valence-corrected chi connectivity index (χ0v) is 24.8. The zero-order chi connectivity index (χ0) is 30.1. The van der Waals surface area contributed by atoms with Crippen molar-refractivity contribution in [3.8, 4) is 17.2 Å². The monoisotopic (exact) mass is 557 g/mol. The highest BCUT2D eigenvalue weighted by Gasteiger charge is 2.46. The van der Waals surface area contributed by atoms with E-state index in [0.29, 0.717) is 29.2 Å². The summed E-state index contributed by atoms with van der Waals surface area (Å²) in [7, 11) is 0. The normalized spacial score (nSPS) is 17.1. The molecule has 1 amide bonds. The van der Waals surface area contributed by atoms with Gasteiger partial charge in [0.2, 0.25) is 0 Å². The largest absolute Gasteiger partial charge is 0.508 e. The number of ether oxygens (including phenoxy) is 2. The van der Waals surface area contributed by atoms with Gasteiger partial charge in [-0.25, -0.2) is 0 Å². The SMILES string of the molecule is CCOc1ccc(/C(O)=C2/C(=O)C(=O)N(Cc3ccccc3OC(C)(C)C)C2c2ccc(O)cc2)cc1C(C)(C)C. The van der Waals surface area contributed by atoms with Gasteiger partial charge in [0.1, 0.15) is 28.6 Å². The van der Waals surface area contributed by atoms with E-state index >= 15 is 0 Å². The number of ketones is 1. The minimum Gasteiger partial charge on any atom is -0.508 e. The van der Waals surface area contributed by atoms with Crippen LogP contribution in [0, 0.1) is 0 Å². The van der Waals surface area contributed by atoms with Gasteiger partial charge in [-0.15, -0.1) is 0 Å². The Morgan fingerprint density at radius 1 is 0.902 bits per heavy atom. The number of Topliss-reactive ketones (excluding diaryl/α,β-unsaturated/α-hetero) is 1. The first-order valence-electron chi connectivity index (χ1n) is 13.8. The van der Waals surface area contributed by atoms with Crippen molar-refractivity contribution in [2.24, 2.45) is 0 Å². The molecule has 4 rings (SSSR count). The second-order valence-corrected chi connectivity index (χ2v) is 12.2. The fourth-order valence-corrected chi connectivity index (χ4v) is 4.99. The van der Waals surface area contributed by atoms with E-state index in [-0.39, 0.29) is 29.0 Å². The molecule has 1 heterocycles. The quantitative estimate of drug-likeness (QED) is 0.187. The molecule has 3 aromatic rings. The lowest BCUT2D eigenvalue weighted by molar-refractivity contribution is -0.140. The molecule has 0 aliphatic carbocycles. The number of phenols is 1. The van der Waals surface area contributed by atoms with E-state index in [1.165, 1.54) is 17.0 Å². The molecular formula is C34H39NO6. The van der Waals surface area contributed by atoms with Crippen LogP contribution in [0.5, 0.6) is 17.2 Å². The van der Waals surface area contributed by atoms with Gasteiger partial charge in [-0.3, -0.25) is 9.59 Å². The number of aliphatic hydroxyl groups is 1. The third kappa shape index (κ3) is 6.40. The highest BCUT2D eigenvalue weighted by Crippen LogP contribution is 2.42. The number of hydrogen-bond acceptors (Lipinski definition) is 6. The molecule has 1 aliphatic heterocycles. The van der Waals surface area contributed by atoms with Crippen molar-refractivity contribution in [1.29, 1.82) is 0 Å². The third-order valence-corrected chi connectivity index (χ3v) is 6.84. The predicted octanol–water partition coefficient (Wildman–Crippen LogP) is 6.89. The first-order valence-corrected chi connectivity index (χ1v) is 13.8. The minimum absolute atomic E-state index is 0.0149. The molecule has 1 unspecified atom stereocenters. The summed E-state index contributed by atoms with van der Waals surface area (Å²) in [6, 6.07) is 18.1. The van der Waals surface area contributed by atoms with Gasteiger partial charge in [-0.2, -0.15) is 0 Å². The summed E-state index contributed by atoms with van der Waals surface area (Å²) in [4.78, 5) is 28.7. The summed E-state index contributed by atoms with van der Waals surface area (Å²) in [5.74, 6) is -0.416. The molecule has 1 aliphatic rings. The van der Waals surface area contributed by atoms with Crippen molar-refractivity contribution >= 4 is 17.4 Å². The molecular weight excluding hydrogens is 518 g/mol. The van der Waals surface area contributed by atoms with Crippen molar-refractivity contribution in [2.75, 3.05) is 6.61 Å². The zero-order valence-electron chi connectivity index (χ0n) is 24.8.